The molecule has 0 rings (SSSR count). The predicted molar refractivity (Wildman–Crippen MR) is 382 cm³/mol. The van der Waals surface area contributed by atoms with E-state index in [2.05, 4.69) is 27.7 Å². The first-order valence-electron chi connectivity index (χ1n) is 39.3. The molecule has 17 nitrogen and oxygen atoms in total. The van der Waals surface area contributed by atoms with E-state index in [0.717, 1.165) is 96.3 Å². The standard InChI is InChI=1S/C75H146O17P2/c1-5-9-13-17-20-23-25-27-29-31-33-34-36-38-40-42-44-47-50-54-58-62-75(80)92-71(66-86-73(78)60-56-52-48-46-43-41-39-37-35-32-30-28-26-24-21-18-14-10-6-2)68-90-94(83,84)88-64-69(76)63-87-93(81,82)89-67-70(65-85-72(77)59-55-51-16-12-8-4)91-74(79)61-57-53-49-45-22-19-15-11-7-3/h69-71,76H,5-68H2,1-4H3,(H,81,82)(H,83,84)/t69-,70+,71+/m0/s1. The minimum atomic E-state index is -4.95. The molecule has 0 amide bonds. The highest BCUT2D eigenvalue weighted by Gasteiger charge is 2.30. The van der Waals surface area contributed by atoms with E-state index in [1.807, 2.05) is 0 Å². The molecule has 0 heterocycles. The highest BCUT2D eigenvalue weighted by Crippen LogP contribution is 2.45. The van der Waals surface area contributed by atoms with E-state index in [-0.39, 0.29) is 25.7 Å². The van der Waals surface area contributed by atoms with Crippen molar-refractivity contribution in [3.8, 4) is 0 Å². The molecule has 0 aliphatic rings. The molecular formula is C75H146O17P2. The van der Waals surface area contributed by atoms with Gasteiger partial charge in [0.05, 0.1) is 26.4 Å². The zero-order valence-electron chi connectivity index (χ0n) is 60.9. The number of ether oxygens (including phenoxy) is 4. The summed E-state index contributed by atoms with van der Waals surface area (Å²) in [6, 6.07) is 0. The Morgan fingerprint density at radius 1 is 0.255 bits per heavy atom. The van der Waals surface area contributed by atoms with E-state index in [1.54, 1.807) is 0 Å². The predicted octanol–water partition coefficient (Wildman–Crippen LogP) is 22.2. The van der Waals surface area contributed by atoms with Gasteiger partial charge in [0.25, 0.3) is 0 Å². The molecule has 5 atom stereocenters. The third kappa shape index (κ3) is 68.6. The zero-order valence-corrected chi connectivity index (χ0v) is 62.7. The van der Waals surface area contributed by atoms with Crippen molar-refractivity contribution in [1.82, 2.24) is 0 Å². The maximum Gasteiger partial charge on any atom is 0.472 e. The molecule has 0 aromatic rings. The lowest BCUT2D eigenvalue weighted by molar-refractivity contribution is -0.161. The molecule has 2 unspecified atom stereocenters. The number of aliphatic hydroxyl groups is 1. The molecule has 558 valence electrons. The maximum absolute atomic E-state index is 13.1. The average Bonchev–Trinajstić information content (AvgIpc) is 1.45. The highest BCUT2D eigenvalue weighted by molar-refractivity contribution is 7.47. The second-order valence-electron chi connectivity index (χ2n) is 27.0. The summed E-state index contributed by atoms with van der Waals surface area (Å²) in [5, 5.41) is 10.6. The number of unbranched alkanes of at least 4 members (excludes halogenated alkanes) is 50. The van der Waals surface area contributed by atoms with Crippen LogP contribution in [0.1, 0.15) is 400 Å². The number of aliphatic hydroxyl groups excluding tert-OH is 1. The van der Waals surface area contributed by atoms with Gasteiger partial charge in [-0.05, 0) is 25.7 Å². The van der Waals surface area contributed by atoms with Gasteiger partial charge in [0.1, 0.15) is 19.3 Å². The van der Waals surface area contributed by atoms with Gasteiger partial charge in [-0.1, -0.05) is 349 Å². The lowest BCUT2D eigenvalue weighted by Gasteiger charge is -2.21. The monoisotopic (exact) mass is 1380 g/mol. The van der Waals surface area contributed by atoms with Gasteiger partial charge < -0.3 is 33.8 Å². The van der Waals surface area contributed by atoms with Crippen molar-refractivity contribution in [3.05, 3.63) is 0 Å². The summed E-state index contributed by atoms with van der Waals surface area (Å²) in [6.45, 7) is 4.86. The van der Waals surface area contributed by atoms with Crippen LogP contribution in [-0.4, -0.2) is 96.7 Å². The average molecular weight is 1380 g/mol. The first-order valence-corrected chi connectivity index (χ1v) is 42.3. The van der Waals surface area contributed by atoms with Gasteiger partial charge in [0, 0.05) is 25.7 Å². The van der Waals surface area contributed by atoms with Gasteiger partial charge >= 0.3 is 39.5 Å². The quantitative estimate of drug-likeness (QED) is 0.0222. The Kier molecular flexibility index (Phi) is 68.1. The summed E-state index contributed by atoms with van der Waals surface area (Å²) in [4.78, 5) is 72.4. The summed E-state index contributed by atoms with van der Waals surface area (Å²) >= 11 is 0. The molecule has 0 aliphatic carbocycles. The second-order valence-corrected chi connectivity index (χ2v) is 29.9. The minimum Gasteiger partial charge on any atom is -0.462 e. The van der Waals surface area contributed by atoms with Crippen LogP contribution in [0, 0.1) is 0 Å². The third-order valence-corrected chi connectivity index (χ3v) is 19.5. The number of carbonyl (C=O) groups excluding carboxylic acids is 4. The number of hydrogen-bond donors (Lipinski definition) is 3. The fourth-order valence-electron chi connectivity index (χ4n) is 11.6. The Labute approximate surface area is 575 Å². The van der Waals surface area contributed by atoms with Crippen molar-refractivity contribution in [3.63, 3.8) is 0 Å². The van der Waals surface area contributed by atoms with E-state index in [9.17, 15) is 43.2 Å². The summed E-state index contributed by atoms with van der Waals surface area (Å²) in [6.07, 6.45) is 60.4. The van der Waals surface area contributed by atoms with Gasteiger partial charge in [0.15, 0.2) is 12.2 Å². The Hall–Kier alpha value is -1.94. The van der Waals surface area contributed by atoms with Gasteiger partial charge in [-0.2, -0.15) is 0 Å². The summed E-state index contributed by atoms with van der Waals surface area (Å²) < 4.78 is 68.2. The molecule has 0 bridgehead atoms. The van der Waals surface area contributed by atoms with Gasteiger partial charge in [-0.15, -0.1) is 0 Å². The van der Waals surface area contributed by atoms with Crippen LogP contribution in [0.5, 0.6) is 0 Å². The van der Waals surface area contributed by atoms with E-state index >= 15 is 0 Å². The number of hydrogen-bond acceptors (Lipinski definition) is 15. The number of carbonyl (C=O) groups is 4. The zero-order chi connectivity index (χ0) is 69.0. The molecule has 0 saturated heterocycles. The first-order chi connectivity index (χ1) is 45.7. The molecule has 0 saturated carbocycles. The molecule has 19 heteroatoms. The van der Waals surface area contributed by atoms with Crippen LogP contribution >= 0.6 is 15.6 Å². The number of rotatable bonds is 76. The van der Waals surface area contributed by atoms with Crippen LogP contribution in [-0.2, 0) is 65.4 Å². The molecular weight excluding hydrogens is 1230 g/mol. The molecule has 0 aromatic heterocycles. The lowest BCUT2D eigenvalue weighted by atomic mass is 10.0. The van der Waals surface area contributed by atoms with Crippen LogP contribution in [0.4, 0.5) is 0 Å². The fraction of sp³-hybridized carbons (Fsp3) is 0.947. The summed E-state index contributed by atoms with van der Waals surface area (Å²) in [7, 11) is -9.89. The van der Waals surface area contributed by atoms with Crippen molar-refractivity contribution >= 4 is 39.5 Å². The van der Waals surface area contributed by atoms with E-state index in [4.69, 9.17) is 37.0 Å². The van der Waals surface area contributed by atoms with E-state index in [0.29, 0.717) is 25.7 Å². The van der Waals surface area contributed by atoms with Gasteiger partial charge in [-0.3, -0.25) is 37.3 Å². The maximum atomic E-state index is 13.1. The Morgan fingerprint density at radius 2 is 0.426 bits per heavy atom. The molecule has 0 aliphatic heterocycles. The molecule has 3 N–H and O–H groups in total. The van der Waals surface area contributed by atoms with E-state index < -0.39 is 97.5 Å². The van der Waals surface area contributed by atoms with Crippen molar-refractivity contribution < 1.29 is 80.2 Å². The summed E-state index contributed by atoms with van der Waals surface area (Å²) in [5.41, 5.74) is 0. The smallest absolute Gasteiger partial charge is 0.462 e. The summed E-state index contributed by atoms with van der Waals surface area (Å²) in [5.74, 6) is -2.13. The number of phosphoric acid groups is 2. The molecule has 0 aromatic carbocycles. The van der Waals surface area contributed by atoms with Gasteiger partial charge in [-0.25, -0.2) is 9.13 Å². The SMILES string of the molecule is CCCCCCCCCCCCCCCCCCCCCCCC(=O)O[C@H](COC(=O)CCCCCCCCCCCCCCCCCCCCC)COP(=O)(O)OC[C@@H](O)COP(=O)(O)OC[C@@H](COC(=O)CCCCCCC)OC(=O)CCCCCCCCCCC. The van der Waals surface area contributed by atoms with Gasteiger partial charge in [0.2, 0.25) is 0 Å². The van der Waals surface area contributed by atoms with Crippen LogP contribution in [0.3, 0.4) is 0 Å². The van der Waals surface area contributed by atoms with E-state index in [1.165, 1.54) is 225 Å². The largest absolute Gasteiger partial charge is 0.472 e. The van der Waals surface area contributed by atoms with Crippen LogP contribution in [0.2, 0.25) is 0 Å². The molecule has 0 spiro atoms. The number of esters is 4. The molecule has 0 fully saturated rings. The van der Waals surface area contributed by atoms with Crippen LogP contribution < -0.4 is 0 Å². The molecule has 94 heavy (non-hydrogen) atoms. The van der Waals surface area contributed by atoms with Crippen molar-refractivity contribution in [1.29, 1.82) is 0 Å². The van der Waals surface area contributed by atoms with Crippen molar-refractivity contribution in [2.24, 2.45) is 0 Å². The molecule has 0 radical (unpaired) electrons. The Morgan fingerprint density at radius 3 is 0.628 bits per heavy atom. The Balaban J connectivity index is 5.09. The number of phosphoric ester groups is 2. The minimum absolute atomic E-state index is 0.105. The van der Waals surface area contributed by atoms with Crippen LogP contribution in [0.25, 0.3) is 0 Å². The second kappa shape index (κ2) is 69.5. The lowest BCUT2D eigenvalue weighted by Crippen LogP contribution is -2.30. The normalized spacial score (nSPS) is 13.9. The third-order valence-electron chi connectivity index (χ3n) is 17.6. The van der Waals surface area contributed by atoms with Crippen molar-refractivity contribution in [2.45, 2.75) is 418 Å². The first kappa shape index (κ1) is 92.1. The Bertz CT molecular complexity index is 1790. The fourth-order valence-corrected chi connectivity index (χ4v) is 13.2. The topological polar surface area (TPSA) is 237 Å². The van der Waals surface area contributed by atoms with Crippen molar-refractivity contribution in [2.75, 3.05) is 39.6 Å². The van der Waals surface area contributed by atoms with Crippen LogP contribution in [0.15, 0.2) is 0 Å². The highest BCUT2D eigenvalue weighted by atomic mass is 31.2.